The summed E-state index contributed by atoms with van der Waals surface area (Å²) in [6.07, 6.45) is 3.82. The molecule has 0 saturated heterocycles. The lowest BCUT2D eigenvalue weighted by Crippen LogP contribution is -1.97. The summed E-state index contributed by atoms with van der Waals surface area (Å²) in [6.45, 7) is 0.680. The molecule has 0 radical (unpaired) electrons. The molecule has 2 heterocycles. The first-order valence-corrected chi connectivity index (χ1v) is 13.7. The predicted molar refractivity (Wildman–Crippen MR) is 167 cm³/mol. The summed E-state index contributed by atoms with van der Waals surface area (Å²) < 4.78 is 19.2. The van der Waals surface area contributed by atoms with Crippen molar-refractivity contribution in [2.45, 2.75) is 6.54 Å². The van der Waals surface area contributed by atoms with Gasteiger partial charge in [0.05, 0.1) is 14.2 Å². The molecule has 2 aromatic heterocycles. The van der Waals surface area contributed by atoms with E-state index in [-0.39, 0.29) is 5.88 Å². The fraction of sp³-hybridized carbons (Fsp3) is 0.0857. The van der Waals surface area contributed by atoms with Crippen LogP contribution in [-0.2, 0) is 6.54 Å². The second-order valence-electron chi connectivity index (χ2n) is 9.67. The Labute approximate surface area is 248 Å². The highest BCUT2D eigenvalue weighted by molar-refractivity contribution is 6.30. The SMILES string of the molecule is COc1ccc(-c2oc(N=Cc3cn(Cc4ccc(Cl)cc4)c4ccccc34)c(C#N)c2-c2ccc(OC)cc2)cc1. The van der Waals surface area contributed by atoms with Gasteiger partial charge >= 0.3 is 0 Å². The lowest BCUT2D eigenvalue weighted by molar-refractivity contribution is 0.414. The lowest BCUT2D eigenvalue weighted by atomic mass is 9.98. The summed E-state index contributed by atoms with van der Waals surface area (Å²) in [5.74, 6) is 2.24. The van der Waals surface area contributed by atoms with Crippen molar-refractivity contribution in [1.82, 2.24) is 4.57 Å². The van der Waals surface area contributed by atoms with Gasteiger partial charge in [0.1, 0.15) is 28.9 Å². The van der Waals surface area contributed by atoms with Crippen molar-refractivity contribution in [2.24, 2.45) is 4.99 Å². The molecule has 4 aromatic carbocycles. The van der Waals surface area contributed by atoms with Crippen LogP contribution in [0.4, 0.5) is 5.88 Å². The molecular weight excluding hydrogens is 546 g/mol. The Hall–Kier alpha value is -5.25. The number of nitrogens with zero attached hydrogens (tertiary/aromatic N) is 3. The van der Waals surface area contributed by atoms with E-state index >= 15 is 0 Å². The zero-order valence-electron chi connectivity index (χ0n) is 23.0. The van der Waals surface area contributed by atoms with Gasteiger partial charge in [-0.05, 0) is 65.7 Å². The molecule has 0 bridgehead atoms. The predicted octanol–water partition coefficient (Wildman–Crippen LogP) is 8.91. The van der Waals surface area contributed by atoms with Gasteiger partial charge in [0, 0.05) is 51.6 Å². The molecule has 0 amide bonds. The Morgan fingerprint density at radius 1 is 0.857 bits per heavy atom. The zero-order valence-corrected chi connectivity index (χ0v) is 23.8. The number of aliphatic imine (C=N–C) groups is 1. The van der Waals surface area contributed by atoms with Gasteiger partial charge in [-0.25, -0.2) is 4.99 Å². The molecule has 6 rings (SSSR count). The number of methoxy groups -OCH3 is 2. The van der Waals surface area contributed by atoms with Crippen molar-refractivity contribution in [3.63, 3.8) is 0 Å². The number of benzene rings is 4. The van der Waals surface area contributed by atoms with Crippen LogP contribution in [-0.4, -0.2) is 25.0 Å². The summed E-state index contributed by atoms with van der Waals surface area (Å²) >= 11 is 6.09. The molecule has 206 valence electrons. The highest BCUT2D eigenvalue weighted by Gasteiger charge is 2.23. The summed E-state index contributed by atoms with van der Waals surface area (Å²) in [6, 6.07) is 33.4. The lowest BCUT2D eigenvalue weighted by Gasteiger charge is -2.06. The highest BCUT2D eigenvalue weighted by atomic mass is 35.5. The minimum absolute atomic E-state index is 0.240. The number of nitriles is 1. The van der Waals surface area contributed by atoms with Gasteiger partial charge in [-0.15, -0.1) is 0 Å². The van der Waals surface area contributed by atoms with Crippen LogP contribution in [0.5, 0.6) is 11.5 Å². The summed E-state index contributed by atoms with van der Waals surface area (Å²) in [5, 5.41) is 12.1. The minimum Gasteiger partial charge on any atom is -0.497 e. The van der Waals surface area contributed by atoms with Gasteiger partial charge in [0.15, 0.2) is 0 Å². The number of hydrogen-bond acceptors (Lipinski definition) is 5. The fourth-order valence-corrected chi connectivity index (χ4v) is 5.14. The molecule has 6 nitrogen and oxygen atoms in total. The van der Waals surface area contributed by atoms with Crippen LogP contribution in [0.25, 0.3) is 33.4 Å². The van der Waals surface area contributed by atoms with E-state index in [1.165, 1.54) is 0 Å². The smallest absolute Gasteiger partial charge is 0.238 e. The molecule has 0 N–H and O–H groups in total. The third-order valence-electron chi connectivity index (χ3n) is 7.14. The first kappa shape index (κ1) is 26.9. The summed E-state index contributed by atoms with van der Waals surface area (Å²) in [4.78, 5) is 4.73. The Bertz CT molecular complexity index is 1930. The normalized spacial score (nSPS) is 11.2. The Morgan fingerprint density at radius 3 is 2.14 bits per heavy atom. The van der Waals surface area contributed by atoms with Gasteiger partial charge in [-0.2, -0.15) is 5.26 Å². The molecular formula is C35H26ClN3O3. The molecule has 42 heavy (non-hydrogen) atoms. The molecule has 0 saturated carbocycles. The van der Waals surface area contributed by atoms with Crippen LogP contribution in [0, 0.1) is 11.3 Å². The third kappa shape index (κ3) is 5.26. The largest absolute Gasteiger partial charge is 0.497 e. The van der Waals surface area contributed by atoms with Crippen LogP contribution in [0.15, 0.2) is 113 Å². The van der Waals surface area contributed by atoms with E-state index in [9.17, 15) is 5.26 Å². The third-order valence-corrected chi connectivity index (χ3v) is 7.39. The number of hydrogen-bond donors (Lipinski definition) is 0. The van der Waals surface area contributed by atoms with Gasteiger partial charge in [0.2, 0.25) is 5.88 Å². The first-order valence-electron chi connectivity index (χ1n) is 13.3. The van der Waals surface area contributed by atoms with Crippen molar-refractivity contribution in [1.29, 1.82) is 5.26 Å². The molecule has 0 fully saturated rings. The average molecular weight is 572 g/mol. The highest BCUT2D eigenvalue weighted by Crippen LogP contribution is 2.43. The van der Waals surface area contributed by atoms with Gasteiger partial charge in [-0.1, -0.05) is 54.1 Å². The Kier molecular flexibility index (Phi) is 7.50. The minimum atomic E-state index is 0.240. The standard InChI is InChI=1S/C35H26ClN3O3/c1-40-28-15-9-24(10-16-28)33-31(19-37)35(42-34(33)25-11-17-29(41-2)18-12-25)38-20-26-22-39(32-6-4-3-5-30(26)32)21-23-7-13-27(36)14-8-23/h3-18,20,22H,21H2,1-2H3. The molecule has 0 aliphatic heterocycles. The first-order chi connectivity index (χ1) is 20.6. The van der Waals surface area contributed by atoms with Gasteiger partial charge < -0.3 is 18.5 Å². The molecule has 6 aromatic rings. The zero-order chi connectivity index (χ0) is 29.1. The number of furan rings is 1. The van der Waals surface area contributed by atoms with Gasteiger partial charge in [-0.3, -0.25) is 0 Å². The number of ether oxygens (including phenoxy) is 2. The number of halogens is 1. The van der Waals surface area contributed by atoms with E-state index in [1.54, 1.807) is 20.4 Å². The van der Waals surface area contributed by atoms with Crippen molar-refractivity contribution >= 4 is 34.6 Å². The number of aromatic nitrogens is 1. The second-order valence-corrected chi connectivity index (χ2v) is 10.1. The van der Waals surface area contributed by atoms with Crippen molar-refractivity contribution in [3.05, 3.63) is 125 Å². The van der Waals surface area contributed by atoms with Crippen LogP contribution >= 0.6 is 11.6 Å². The number of para-hydroxylation sites is 1. The molecule has 0 atom stereocenters. The Morgan fingerprint density at radius 2 is 1.50 bits per heavy atom. The van der Waals surface area contributed by atoms with Crippen LogP contribution in [0.1, 0.15) is 16.7 Å². The van der Waals surface area contributed by atoms with E-state index in [1.807, 2.05) is 84.9 Å². The average Bonchev–Trinajstić information content (AvgIpc) is 3.59. The Balaban J connectivity index is 1.44. The van der Waals surface area contributed by atoms with E-state index in [0.29, 0.717) is 28.5 Å². The van der Waals surface area contributed by atoms with Crippen molar-refractivity contribution in [3.8, 4) is 40.0 Å². The van der Waals surface area contributed by atoms with Crippen LogP contribution in [0.2, 0.25) is 5.02 Å². The monoisotopic (exact) mass is 571 g/mol. The molecule has 0 unspecified atom stereocenters. The van der Waals surface area contributed by atoms with Crippen LogP contribution < -0.4 is 9.47 Å². The quantitative estimate of drug-likeness (QED) is 0.171. The number of rotatable bonds is 8. The van der Waals surface area contributed by atoms with E-state index in [0.717, 1.165) is 44.7 Å². The maximum Gasteiger partial charge on any atom is 0.238 e. The number of fused-ring (bicyclic) bond motifs is 1. The van der Waals surface area contributed by atoms with Gasteiger partial charge in [0.25, 0.3) is 0 Å². The maximum absolute atomic E-state index is 10.3. The van der Waals surface area contributed by atoms with E-state index in [4.69, 9.17) is 30.5 Å². The molecule has 7 heteroatoms. The summed E-state index contributed by atoms with van der Waals surface area (Å²) in [5.41, 5.74) is 5.77. The molecule has 0 aliphatic carbocycles. The van der Waals surface area contributed by atoms with Crippen molar-refractivity contribution in [2.75, 3.05) is 14.2 Å². The summed E-state index contributed by atoms with van der Waals surface area (Å²) in [7, 11) is 3.24. The molecule has 0 spiro atoms. The molecule has 0 aliphatic rings. The maximum atomic E-state index is 10.3. The van der Waals surface area contributed by atoms with Crippen LogP contribution in [0.3, 0.4) is 0 Å². The van der Waals surface area contributed by atoms with Crippen molar-refractivity contribution < 1.29 is 13.9 Å². The second kappa shape index (κ2) is 11.7. The fourth-order valence-electron chi connectivity index (χ4n) is 5.02. The topological polar surface area (TPSA) is 72.7 Å². The van der Waals surface area contributed by atoms with E-state index < -0.39 is 0 Å². The van der Waals surface area contributed by atoms with E-state index in [2.05, 4.69) is 29.0 Å².